The number of nitrogens with two attached hydrogens (primary N) is 1. The van der Waals surface area contributed by atoms with Gasteiger partial charge in [0.25, 0.3) is 0 Å². The van der Waals surface area contributed by atoms with Crippen LogP contribution in [0.25, 0.3) is 0 Å². The third-order valence-electron chi connectivity index (χ3n) is 2.92. The molecule has 4 nitrogen and oxygen atoms in total. The Kier molecular flexibility index (Phi) is 4.99. The number of benzene rings is 1. The van der Waals surface area contributed by atoms with Crippen molar-refractivity contribution in [3.8, 4) is 0 Å². The molecule has 0 aliphatic heterocycles. The molecule has 1 heterocycles. The first-order valence-corrected chi connectivity index (χ1v) is 7.71. The lowest BCUT2D eigenvalue weighted by Gasteiger charge is -2.03. The van der Waals surface area contributed by atoms with Gasteiger partial charge in [0.05, 0.1) is 6.04 Å². The molecule has 19 heavy (non-hydrogen) atoms. The van der Waals surface area contributed by atoms with E-state index >= 15 is 0 Å². The molecule has 0 saturated carbocycles. The van der Waals surface area contributed by atoms with Crippen LogP contribution in [0.15, 0.2) is 28.8 Å². The van der Waals surface area contributed by atoms with Crippen molar-refractivity contribution in [2.24, 2.45) is 5.73 Å². The lowest BCUT2D eigenvalue weighted by molar-refractivity contribution is 0.349. The molecule has 0 saturated heterocycles. The van der Waals surface area contributed by atoms with E-state index in [0.29, 0.717) is 18.1 Å². The number of nitrogens with zero attached hydrogens (tertiary/aromatic N) is 2. The van der Waals surface area contributed by atoms with Crippen LogP contribution in [0.2, 0.25) is 0 Å². The highest BCUT2D eigenvalue weighted by Crippen LogP contribution is 2.15. The minimum absolute atomic E-state index is 0.160. The maximum absolute atomic E-state index is 6.00. The Bertz CT molecular complexity index is 510. The molecule has 2 N–H and O–H groups in total. The average molecular weight is 277 g/mol. The van der Waals surface area contributed by atoms with E-state index < -0.39 is 0 Å². The van der Waals surface area contributed by atoms with Gasteiger partial charge in [-0.05, 0) is 30.9 Å². The van der Waals surface area contributed by atoms with Crippen molar-refractivity contribution in [3.05, 3.63) is 47.1 Å². The number of aromatic nitrogens is 2. The molecule has 0 radical (unpaired) electrons. The van der Waals surface area contributed by atoms with Crippen LogP contribution in [0.3, 0.4) is 0 Å². The largest absolute Gasteiger partial charge is 0.338 e. The van der Waals surface area contributed by atoms with Gasteiger partial charge >= 0.3 is 0 Å². The summed E-state index contributed by atoms with van der Waals surface area (Å²) in [7, 11) is 0. The molecule has 2 rings (SSSR count). The Morgan fingerprint density at radius 1 is 1.32 bits per heavy atom. The summed E-state index contributed by atoms with van der Waals surface area (Å²) in [5.74, 6) is 2.23. The number of hydrogen-bond donors (Lipinski definition) is 1. The van der Waals surface area contributed by atoms with Gasteiger partial charge in [-0.25, -0.2) is 0 Å². The van der Waals surface area contributed by atoms with Crippen molar-refractivity contribution >= 4 is 11.8 Å². The number of thioether (sulfide) groups is 1. The summed E-state index contributed by atoms with van der Waals surface area (Å²) in [5, 5.41) is 3.99. The van der Waals surface area contributed by atoms with Gasteiger partial charge in [-0.2, -0.15) is 16.7 Å². The zero-order valence-electron chi connectivity index (χ0n) is 11.3. The molecule has 0 bridgehead atoms. The Morgan fingerprint density at radius 3 is 2.74 bits per heavy atom. The zero-order valence-corrected chi connectivity index (χ0v) is 12.1. The molecular weight excluding hydrogens is 258 g/mol. The van der Waals surface area contributed by atoms with Crippen LogP contribution in [0, 0.1) is 6.92 Å². The van der Waals surface area contributed by atoms with Crippen LogP contribution in [0.4, 0.5) is 0 Å². The Balaban J connectivity index is 1.98. The second-order valence-corrected chi connectivity index (χ2v) is 5.58. The summed E-state index contributed by atoms with van der Waals surface area (Å²) < 4.78 is 5.22. The van der Waals surface area contributed by atoms with Crippen LogP contribution in [0.5, 0.6) is 0 Å². The molecule has 2 aromatic rings. The maximum atomic E-state index is 6.00. The van der Waals surface area contributed by atoms with Gasteiger partial charge in [-0.15, -0.1) is 0 Å². The molecule has 0 amide bonds. The van der Waals surface area contributed by atoms with Crippen LogP contribution in [0.1, 0.15) is 35.3 Å². The van der Waals surface area contributed by atoms with Crippen LogP contribution < -0.4 is 5.73 Å². The summed E-state index contributed by atoms with van der Waals surface area (Å²) in [6.07, 6.45) is 3.59. The molecule has 0 spiro atoms. The number of aryl methyl sites for hydroxylation is 1. The van der Waals surface area contributed by atoms with E-state index in [2.05, 4.69) is 47.6 Å². The van der Waals surface area contributed by atoms with Crippen LogP contribution in [-0.4, -0.2) is 22.1 Å². The fraction of sp³-hybridized carbons (Fsp3) is 0.429. The highest BCUT2D eigenvalue weighted by molar-refractivity contribution is 7.98. The highest BCUT2D eigenvalue weighted by Gasteiger charge is 2.14. The van der Waals surface area contributed by atoms with Crippen LogP contribution in [-0.2, 0) is 6.42 Å². The summed E-state index contributed by atoms with van der Waals surface area (Å²) in [6, 6.07) is 8.17. The van der Waals surface area contributed by atoms with Gasteiger partial charge < -0.3 is 10.3 Å². The normalized spacial score (nSPS) is 12.6. The Hall–Kier alpha value is -1.33. The summed E-state index contributed by atoms with van der Waals surface area (Å²) in [5.41, 5.74) is 8.42. The van der Waals surface area contributed by atoms with Crippen molar-refractivity contribution in [1.82, 2.24) is 10.1 Å². The second-order valence-electron chi connectivity index (χ2n) is 4.60. The summed E-state index contributed by atoms with van der Waals surface area (Å²) in [4.78, 5) is 4.37. The first kappa shape index (κ1) is 14.1. The molecule has 0 unspecified atom stereocenters. The molecule has 1 aromatic carbocycles. The first-order chi connectivity index (χ1) is 9.19. The van der Waals surface area contributed by atoms with Gasteiger partial charge in [0.2, 0.25) is 5.89 Å². The summed E-state index contributed by atoms with van der Waals surface area (Å²) in [6.45, 7) is 2.07. The first-order valence-electron chi connectivity index (χ1n) is 6.31. The quantitative estimate of drug-likeness (QED) is 0.879. The molecule has 1 aromatic heterocycles. The molecule has 0 aliphatic carbocycles. The predicted octanol–water partition coefficient (Wildman–Crippen LogP) is 2.72. The number of hydrogen-bond acceptors (Lipinski definition) is 5. The van der Waals surface area contributed by atoms with Gasteiger partial charge in [-0.1, -0.05) is 35.0 Å². The van der Waals surface area contributed by atoms with Crippen LogP contribution >= 0.6 is 11.8 Å². The SMILES string of the molecule is CSCC[C@H](N)c1nc(Cc2ccc(C)cc2)no1. The third-order valence-corrected chi connectivity index (χ3v) is 3.56. The van der Waals surface area contributed by atoms with E-state index in [1.165, 1.54) is 11.1 Å². The third kappa shape index (κ3) is 4.08. The van der Waals surface area contributed by atoms with Crippen molar-refractivity contribution in [3.63, 3.8) is 0 Å². The highest BCUT2D eigenvalue weighted by atomic mass is 32.2. The molecule has 5 heteroatoms. The smallest absolute Gasteiger partial charge is 0.243 e. The van der Waals surface area contributed by atoms with E-state index in [4.69, 9.17) is 10.3 Å². The lowest BCUT2D eigenvalue weighted by atomic mass is 10.1. The molecule has 0 fully saturated rings. The molecule has 1 atom stereocenters. The van der Waals surface area contributed by atoms with E-state index in [1.807, 2.05) is 0 Å². The number of rotatable bonds is 6. The van der Waals surface area contributed by atoms with E-state index in [-0.39, 0.29) is 6.04 Å². The van der Waals surface area contributed by atoms with Gasteiger partial charge in [0.1, 0.15) is 0 Å². The van der Waals surface area contributed by atoms with Gasteiger partial charge in [-0.3, -0.25) is 0 Å². The van der Waals surface area contributed by atoms with Crippen molar-refractivity contribution in [2.45, 2.75) is 25.8 Å². The molecular formula is C14H19N3OS. The average Bonchev–Trinajstić information content (AvgIpc) is 2.87. The van der Waals surface area contributed by atoms with Gasteiger partial charge in [0.15, 0.2) is 5.82 Å². The summed E-state index contributed by atoms with van der Waals surface area (Å²) >= 11 is 1.77. The Labute approximate surface area is 117 Å². The lowest BCUT2D eigenvalue weighted by Crippen LogP contribution is -2.11. The van der Waals surface area contributed by atoms with Crippen molar-refractivity contribution in [1.29, 1.82) is 0 Å². The molecule has 0 aliphatic rings. The topological polar surface area (TPSA) is 64.9 Å². The predicted molar refractivity (Wildman–Crippen MR) is 78.2 cm³/mol. The van der Waals surface area contributed by atoms with Crippen molar-refractivity contribution in [2.75, 3.05) is 12.0 Å². The molecule has 102 valence electrons. The fourth-order valence-electron chi connectivity index (χ4n) is 1.75. The minimum Gasteiger partial charge on any atom is -0.338 e. The Morgan fingerprint density at radius 2 is 2.05 bits per heavy atom. The van der Waals surface area contributed by atoms with E-state index in [1.54, 1.807) is 11.8 Å². The maximum Gasteiger partial charge on any atom is 0.243 e. The standard InChI is InChI=1S/C14H19N3OS/c1-10-3-5-11(6-4-10)9-13-16-14(18-17-13)12(15)7-8-19-2/h3-6,12H,7-9,15H2,1-2H3/t12-/m0/s1. The second kappa shape index (κ2) is 6.73. The fourth-order valence-corrected chi connectivity index (χ4v) is 2.24. The van der Waals surface area contributed by atoms with Crippen molar-refractivity contribution < 1.29 is 4.52 Å². The van der Waals surface area contributed by atoms with Gasteiger partial charge in [0, 0.05) is 6.42 Å². The zero-order chi connectivity index (χ0) is 13.7. The minimum atomic E-state index is -0.160. The monoisotopic (exact) mass is 277 g/mol. The van der Waals surface area contributed by atoms with E-state index in [9.17, 15) is 0 Å². The van der Waals surface area contributed by atoms with E-state index in [0.717, 1.165) is 12.2 Å².